The summed E-state index contributed by atoms with van der Waals surface area (Å²) in [5, 5.41) is 12.8. The van der Waals surface area contributed by atoms with Gasteiger partial charge in [-0.3, -0.25) is 9.20 Å². The highest BCUT2D eigenvalue weighted by Gasteiger charge is 2.17. The van der Waals surface area contributed by atoms with Crippen molar-refractivity contribution in [2.45, 2.75) is 25.3 Å². The second kappa shape index (κ2) is 4.42. The van der Waals surface area contributed by atoms with Crippen LogP contribution >= 0.6 is 0 Å². The third-order valence-corrected chi connectivity index (χ3v) is 3.33. The maximum atomic E-state index is 12.0. The first-order valence-electron chi connectivity index (χ1n) is 6.20. The summed E-state index contributed by atoms with van der Waals surface area (Å²) in [6, 6.07) is 4.92. The minimum absolute atomic E-state index is 0.0648. The van der Waals surface area contributed by atoms with Crippen LogP contribution in [0.25, 0.3) is 5.65 Å². The average Bonchev–Trinajstić information content (AvgIpc) is 2.40. The summed E-state index contributed by atoms with van der Waals surface area (Å²) in [5.74, 6) is 0.0648. The van der Waals surface area contributed by atoms with Gasteiger partial charge in [-0.1, -0.05) is 6.42 Å². The number of aromatic nitrogens is 2. The molecule has 0 bridgehead atoms. The SMILES string of the molecule is O=c1cc(C2CCCCN2)nc2ccc(O)cn12. The van der Waals surface area contributed by atoms with E-state index in [0.717, 1.165) is 25.1 Å². The zero-order valence-electron chi connectivity index (χ0n) is 9.97. The first-order valence-corrected chi connectivity index (χ1v) is 6.20. The predicted molar refractivity (Wildman–Crippen MR) is 67.7 cm³/mol. The Bertz CT molecular complexity index is 630. The lowest BCUT2D eigenvalue weighted by Gasteiger charge is -2.22. The van der Waals surface area contributed by atoms with Crippen LogP contribution in [-0.2, 0) is 0 Å². The molecule has 1 aliphatic rings. The van der Waals surface area contributed by atoms with Gasteiger partial charge in [0.1, 0.15) is 11.4 Å². The van der Waals surface area contributed by atoms with Gasteiger partial charge in [0.05, 0.1) is 11.9 Å². The maximum Gasteiger partial charge on any atom is 0.258 e. The molecule has 2 N–H and O–H groups in total. The van der Waals surface area contributed by atoms with Gasteiger partial charge in [0, 0.05) is 12.1 Å². The normalized spacial score (nSPS) is 20.1. The maximum absolute atomic E-state index is 12.0. The number of aromatic hydroxyl groups is 1. The molecule has 94 valence electrons. The predicted octanol–water partition coefficient (Wildman–Crippen LogP) is 1.21. The van der Waals surface area contributed by atoms with Gasteiger partial charge in [0.25, 0.3) is 5.56 Å². The van der Waals surface area contributed by atoms with E-state index < -0.39 is 0 Å². The molecular weight excluding hydrogens is 230 g/mol. The van der Waals surface area contributed by atoms with Crippen LogP contribution in [0.5, 0.6) is 5.75 Å². The van der Waals surface area contributed by atoms with Crippen molar-refractivity contribution in [3.8, 4) is 5.75 Å². The summed E-state index contributed by atoms with van der Waals surface area (Å²) in [7, 11) is 0. The van der Waals surface area contributed by atoms with Gasteiger partial charge >= 0.3 is 0 Å². The Balaban J connectivity index is 2.09. The quantitative estimate of drug-likeness (QED) is 0.792. The lowest BCUT2D eigenvalue weighted by atomic mass is 10.0. The van der Waals surface area contributed by atoms with Gasteiger partial charge < -0.3 is 10.4 Å². The van der Waals surface area contributed by atoms with E-state index in [2.05, 4.69) is 10.3 Å². The van der Waals surface area contributed by atoms with E-state index in [4.69, 9.17) is 0 Å². The molecule has 3 heterocycles. The summed E-state index contributed by atoms with van der Waals surface area (Å²) in [6.45, 7) is 0.974. The molecule has 1 unspecified atom stereocenters. The summed E-state index contributed by atoms with van der Waals surface area (Å²) < 4.78 is 1.36. The van der Waals surface area contributed by atoms with Crippen molar-refractivity contribution in [1.29, 1.82) is 0 Å². The van der Waals surface area contributed by atoms with Crippen LogP contribution in [0.15, 0.2) is 29.2 Å². The van der Waals surface area contributed by atoms with Crippen LogP contribution in [0.3, 0.4) is 0 Å². The summed E-state index contributed by atoms with van der Waals surface area (Å²) in [4.78, 5) is 16.5. The van der Waals surface area contributed by atoms with Gasteiger partial charge in [-0.2, -0.15) is 0 Å². The third-order valence-electron chi connectivity index (χ3n) is 3.33. The molecule has 3 rings (SSSR count). The fourth-order valence-electron chi connectivity index (χ4n) is 2.39. The van der Waals surface area contributed by atoms with Gasteiger partial charge in [-0.25, -0.2) is 4.98 Å². The van der Waals surface area contributed by atoms with E-state index in [1.165, 1.54) is 17.0 Å². The molecule has 1 aliphatic heterocycles. The molecule has 0 spiro atoms. The minimum atomic E-state index is -0.154. The van der Waals surface area contributed by atoms with Gasteiger partial charge in [0.2, 0.25) is 0 Å². The molecule has 0 saturated carbocycles. The highest BCUT2D eigenvalue weighted by atomic mass is 16.3. The number of pyridine rings is 1. The lowest BCUT2D eigenvalue weighted by Crippen LogP contribution is -2.29. The molecule has 1 fully saturated rings. The number of hydrogen-bond acceptors (Lipinski definition) is 4. The molecule has 18 heavy (non-hydrogen) atoms. The van der Waals surface area contributed by atoms with E-state index >= 15 is 0 Å². The fourth-order valence-corrected chi connectivity index (χ4v) is 2.39. The van der Waals surface area contributed by atoms with E-state index in [0.29, 0.717) is 5.65 Å². The van der Waals surface area contributed by atoms with Crippen molar-refractivity contribution in [3.05, 3.63) is 40.4 Å². The zero-order chi connectivity index (χ0) is 12.5. The van der Waals surface area contributed by atoms with Crippen molar-refractivity contribution in [3.63, 3.8) is 0 Å². The number of fused-ring (bicyclic) bond motifs is 1. The summed E-state index contributed by atoms with van der Waals surface area (Å²) >= 11 is 0. The van der Waals surface area contributed by atoms with Crippen LogP contribution in [0.4, 0.5) is 0 Å². The van der Waals surface area contributed by atoms with Crippen molar-refractivity contribution < 1.29 is 5.11 Å². The second-order valence-electron chi connectivity index (χ2n) is 4.64. The Morgan fingerprint density at radius 2 is 2.28 bits per heavy atom. The van der Waals surface area contributed by atoms with Crippen LogP contribution in [0, 0.1) is 0 Å². The number of nitrogens with zero attached hydrogens (tertiary/aromatic N) is 2. The Hall–Kier alpha value is -1.88. The van der Waals surface area contributed by atoms with Crippen molar-refractivity contribution in [2.24, 2.45) is 0 Å². The van der Waals surface area contributed by atoms with Crippen molar-refractivity contribution in [2.75, 3.05) is 6.54 Å². The van der Waals surface area contributed by atoms with Gasteiger partial charge in [-0.05, 0) is 31.5 Å². The number of piperidine rings is 1. The van der Waals surface area contributed by atoms with Crippen LogP contribution in [-0.4, -0.2) is 21.0 Å². The van der Waals surface area contributed by atoms with E-state index in [-0.39, 0.29) is 17.4 Å². The molecule has 1 saturated heterocycles. The molecule has 5 heteroatoms. The molecule has 2 aromatic heterocycles. The second-order valence-corrected chi connectivity index (χ2v) is 4.64. The van der Waals surface area contributed by atoms with Crippen LogP contribution < -0.4 is 10.9 Å². The highest BCUT2D eigenvalue weighted by Crippen LogP contribution is 2.21. The smallest absolute Gasteiger partial charge is 0.258 e. The number of nitrogens with one attached hydrogen (secondary N) is 1. The minimum Gasteiger partial charge on any atom is -0.506 e. The molecular formula is C13H15N3O2. The molecule has 0 radical (unpaired) electrons. The molecule has 5 nitrogen and oxygen atoms in total. The first-order chi connectivity index (χ1) is 8.74. The number of hydrogen-bond donors (Lipinski definition) is 2. The lowest BCUT2D eigenvalue weighted by molar-refractivity contribution is 0.405. The molecule has 0 amide bonds. The molecule has 0 aromatic carbocycles. The summed E-state index contributed by atoms with van der Waals surface area (Å²) in [5.41, 5.74) is 1.21. The van der Waals surface area contributed by atoms with Crippen LogP contribution in [0.1, 0.15) is 31.0 Å². The summed E-state index contributed by atoms with van der Waals surface area (Å²) in [6.07, 6.45) is 4.74. The Kier molecular flexibility index (Phi) is 2.76. The monoisotopic (exact) mass is 245 g/mol. The fraction of sp³-hybridized carbons (Fsp3) is 0.385. The topological polar surface area (TPSA) is 66.6 Å². The number of rotatable bonds is 1. The Labute approximate surface area is 104 Å². The zero-order valence-corrected chi connectivity index (χ0v) is 9.97. The van der Waals surface area contributed by atoms with E-state index in [1.807, 2.05) is 0 Å². The highest BCUT2D eigenvalue weighted by molar-refractivity contribution is 5.41. The van der Waals surface area contributed by atoms with Crippen molar-refractivity contribution in [1.82, 2.24) is 14.7 Å². The average molecular weight is 245 g/mol. The first kappa shape index (κ1) is 11.2. The Morgan fingerprint density at radius 1 is 1.39 bits per heavy atom. The van der Waals surface area contributed by atoms with Gasteiger partial charge in [-0.15, -0.1) is 0 Å². The van der Waals surface area contributed by atoms with Crippen molar-refractivity contribution >= 4 is 5.65 Å². The Morgan fingerprint density at radius 3 is 3.06 bits per heavy atom. The standard InChI is InChI=1S/C13H15N3O2/c17-9-4-5-12-15-11(7-13(18)16(12)8-9)10-3-1-2-6-14-10/h4-5,7-8,10,14,17H,1-3,6H2. The van der Waals surface area contributed by atoms with Gasteiger partial charge in [0.15, 0.2) is 0 Å². The molecule has 2 aromatic rings. The van der Waals surface area contributed by atoms with E-state index in [9.17, 15) is 9.90 Å². The largest absolute Gasteiger partial charge is 0.506 e. The molecule has 0 aliphatic carbocycles. The molecule has 1 atom stereocenters. The third kappa shape index (κ3) is 1.97. The van der Waals surface area contributed by atoms with Crippen LogP contribution in [0.2, 0.25) is 0 Å². The van der Waals surface area contributed by atoms with E-state index in [1.54, 1.807) is 18.2 Å².